The molecule has 8 aromatic carbocycles. The summed E-state index contributed by atoms with van der Waals surface area (Å²) >= 11 is 0. The number of nitrogens with zero attached hydrogens (tertiary/aromatic N) is 3. The Hall–Kier alpha value is -7.17. The molecule has 4 nitrogen and oxygen atoms in total. The molecule has 0 aliphatic heterocycles. The Labute approximate surface area is 327 Å². The fraction of sp³-hybridized carbons (Fsp3) is 0.0577. The SMILES string of the molecule is CC1(C)c2ccccc2-c2ccc(N(c3ccccc3)c3cc(N(c4ccccc4)c4ccc(-c5ccccc5)cc4)cc4oc(-c5ccccc5)nc34)cc21. The predicted octanol–water partition coefficient (Wildman–Crippen LogP) is 14.4. The highest BCUT2D eigenvalue weighted by Gasteiger charge is 2.36. The van der Waals surface area contributed by atoms with Gasteiger partial charge < -0.3 is 14.2 Å². The summed E-state index contributed by atoms with van der Waals surface area (Å²) in [6.45, 7) is 4.66. The quantitative estimate of drug-likeness (QED) is 0.156. The van der Waals surface area contributed by atoms with Crippen LogP contribution in [0, 0.1) is 0 Å². The third-order valence-electron chi connectivity index (χ3n) is 11.1. The Balaban J connectivity index is 1.21. The molecule has 0 unspecified atom stereocenters. The number of aromatic nitrogens is 1. The highest BCUT2D eigenvalue weighted by molar-refractivity contribution is 6.00. The van der Waals surface area contributed by atoms with Crippen molar-refractivity contribution in [3.05, 3.63) is 211 Å². The van der Waals surface area contributed by atoms with E-state index in [4.69, 9.17) is 9.40 Å². The fourth-order valence-corrected chi connectivity index (χ4v) is 8.29. The summed E-state index contributed by atoms with van der Waals surface area (Å²) in [6, 6.07) is 70.7. The van der Waals surface area contributed by atoms with Crippen molar-refractivity contribution >= 4 is 45.2 Å². The van der Waals surface area contributed by atoms with Crippen LogP contribution in [-0.4, -0.2) is 4.98 Å². The van der Waals surface area contributed by atoms with Crippen molar-refractivity contribution in [2.45, 2.75) is 19.3 Å². The molecule has 0 saturated carbocycles. The molecule has 0 saturated heterocycles. The zero-order valence-electron chi connectivity index (χ0n) is 31.3. The van der Waals surface area contributed by atoms with E-state index in [0.717, 1.165) is 50.8 Å². The number of oxazole rings is 1. The maximum Gasteiger partial charge on any atom is 0.227 e. The monoisotopic (exact) mass is 721 g/mol. The summed E-state index contributed by atoms with van der Waals surface area (Å²) in [5, 5.41) is 0. The number of hydrogen-bond acceptors (Lipinski definition) is 4. The predicted molar refractivity (Wildman–Crippen MR) is 232 cm³/mol. The molecular weight excluding hydrogens is 683 g/mol. The molecule has 0 bridgehead atoms. The van der Waals surface area contributed by atoms with Crippen molar-refractivity contribution in [3.63, 3.8) is 0 Å². The lowest BCUT2D eigenvalue weighted by atomic mass is 9.82. The molecule has 56 heavy (non-hydrogen) atoms. The number of para-hydroxylation sites is 2. The first-order chi connectivity index (χ1) is 27.5. The van der Waals surface area contributed by atoms with Gasteiger partial charge in [-0.2, -0.15) is 0 Å². The summed E-state index contributed by atoms with van der Waals surface area (Å²) in [5.74, 6) is 0.580. The van der Waals surface area contributed by atoms with Gasteiger partial charge in [-0.05, 0) is 100 Å². The Morgan fingerprint density at radius 1 is 0.411 bits per heavy atom. The summed E-state index contributed by atoms with van der Waals surface area (Å²) in [7, 11) is 0. The molecule has 1 heterocycles. The molecule has 9 aromatic rings. The number of benzene rings is 8. The van der Waals surface area contributed by atoms with Crippen molar-refractivity contribution in [3.8, 4) is 33.7 Å². The van der Waals surface area contributed by atoms with E-state index in [-0.39, 0.29) is 5.41 Å². The first kappa shape index (κ1) is 33.4. The Morgan fingerprint density at radius 3 is 1.61 bits per heavy atom. The van der Waals surface area contributed by atoms with Gasteiger partial charge in [0.15, 0.2) is 5.58 Å². The second-order valence-corrected chi connectivity index (χ2v) is 14.9. The first-order valence-electron chi connectivity index (χ1n) is 19.1. The Kier molecular flexibility index (Phi) is 8.11. The van der Waals surface area contributed by atoms with Crippen LogP contribution in [0.3, 0.4) is 0 Å². The number of rotatable bonds is 8. The van der Waals surface area contributed by atoms with Gasteiger partial charge in [0.25, 0.3) is 0 Å². The second kappa shape index (κ2) is 13.6. The van der Waals surface area contributed by atoms with Crippen LogP contribution in [0.15, 0.2) is 205 Å². The van der Waals surface area contributed by atoms with Crippen molar-refractivity contribution in [1.29, 1.82) is 0 Å². The molecule has 1 aliphatic carbocycles. The van der Waals surface area contributed by atoms with Gasteiger partial charge in [0.05, 0.1) is 11.4 Å². The van der Waals surface area contributed by atoms with E-state index < -0.39 is 0 Å². The van der Waals surface area contributed by atoms with E-state index in [1.807, 2.05) is 30.3 Å². The van der Waals surface area contributed by atoms with Gasteiger partial charge in [-0.1, -0.05) is 141 Å². The summed E-state index contributed by atoms with van der Waals surface area (Å²) in [6.07, 6.45) is 0. The Morgan fingerprint density at radius 2 is 0.929 bits per heavy atom. The second-order valence-electron chi connectivity index (χ2n) is 14.9. The zero-order chi connectivity index (χ0) is 37.6. The van der Waals surface area contributed by atoms with E-state index in [1.165, 1.54) is 27.8 Å². The molecule has 0 radical (unpaired) electrons. The van der Waals surface area contributed by atoms with Gasteiger partial charge in [-0.25, -0.2) is 4.98 Å². The zero-order valence-corrected chi connectivity index (χ0v) is 31.3. The van der Waals surface area contributed by atoms with E-state index >= 15 is 0 Å². The van der Waals surface area contributed by atoms with Gasteiger partial charge in [-0.15, -0.1) is 0 Å². The minimum absolute atomic E-state index is 0.161. The summed E-state index contributed by atoms with van der Waals surface area (Å²) < 4.78 is 6.74. The average Bonchev–Trinajstić information content (AvgIpc) is 3.79. The van der Waals surface area contributed by atoms with E-state index in [9.17, 15) is 0 Å². The molecule has 4 heteroatoms. The maximum absolute atomic E-state index is 6.74. The molecule has 10 rings (SSSR count). The molecule has 1 aromatic heterocycles. The van der Waals surface area contributed by atoms with Gasteiger partial charge in [-0.3, -0.25) is 0 Å². The van der Waals surface area contributed by atoms with Crippen LogP contribution in [0.1, 0.15) is 25.0 Å². The normalized spacial score (nSPS) is 12.6. The highest BCUT2D eigenvalue weighted by Crippen LogP contribution is 2.52. The molecule has 0 N–H and O–H groups in total. The van der Waals surface area contributed by atoms with Gasteiger partial charge >= 0.3 is 0 Å². The van der Waals surface area contributed by atoms with Crippen LogP contribution < -0.4 is 9.80 Å². The largest absolute Gasteiger partial charge is 0.436 e. The highest BCUT2D eigenvalue weighted by atomic mass is 16.3. The Bertz CT molecular complexity index is 2810. The van der Waals surface area contributed by atoms with Gasteiger partial charge in [0.1, 0.15) is 5.52 Å². The van der Waals surface area contributed by atoms with Crippen LogP contribution in [0.25, 0.3) is 44.8 Å². The lowest BCUT2D eigenvalue weighted by molar-refractivity contribution is 0.620. The standard InChI is InChI=1S/C52H39N3O/c1-52(2)46-26-16-15-25-44(46)45-32-31-42(33-47(45)52)55(40-23-13-6-14-24-40)48-34-43(35-49-50(48)53-51(56-49)38-19-9-4-10-20-38)54(39-21-11-5-12-22-39)41-29-27-37(28-30-41)36-17-7-3-8-18-36/h3-35H,1-2H3. The van der Waals surface area contributed by atoms with Crippen LogP contribution in [0.5, 0.6) is 0 Å². The van der Waals surface area contributed by atoms with E-state index in [2.05, 4.69) is 194 Å². The van der Waals surface area contributed by atoms with Crippen LogP contribution in [0.4, 0.5) is 34.1 Å². The lowest BCUT2D eigenvalue weighted by Crippen LogP contribution is -2.17. The van der Waals surface area contributed by atoms with Crippen molar-refractivity contribution in [1.82, 2.24) is 4.98 Å². The minimum atomic E-state index is -0.161. The fourth-order valence-electron chi connectivity index (χ4n) is 8.29. The molecule has 0 fully saturated rings. The third kappa shape index (κ3) is 5.75. The lowest BCUT2D eigenvalue weighted by Gasteiger charge is -2.30. The average molecular weight is 722 g/mol. The molecule has 0 spiro atoms. The summed E-state index contributed by atoms with van der Waals surface area (Å²) in [4.78, 5) is 9.89. The smallest absolute Gasteiger partial charge is 0.227 e. The molecular formula is C52H39N3O. The van der Waals surface area contributed by atoms with E-state index in [0.29, 0.717) is 11.5 Å². The topological polar surface area (TPSA) is 32.5 Å². The third-order valence-corrected chi connectivity index (χ3v) is 11.1. The van der Waals surface area contributed by atoms with E-state index in [1.54, 1.807) is 0 Å². The van der Waals surface area contributed by atoms with Crippen molar-refractivity contribution in [2.75, 3.05) is 9.80 Å². The summed E-state index contributed by atoms with van der Waals surface area (Å²) in [5.41, 5.74) is 15.9. The molecule has 0 amide bonds. The minimum Gasteiger partial charge on any atom is -0.436 e. The van der Waals surface area contributed by atoms with Gasteiger partial charge in [0, 0.05) is 39.8 Å². The van der Waals surface area contributed by atoms with Crippen LogP contribution >= 0.6 is 0 Å². The van der Waals surface area contributed by atoms with Crippen molar-refractivity contribution < 1.29 is 4.42 Å². The maximum atomic E-state index is 6.74. The number of hydrogen-bond donors (Lipinski definition) is 0. The molecule has 0 atom stereocenters. The number of anilines is 6. The number of fused-ring (bicyclic) bond motifs is 4. The van der Waals surface area contributed by atoms with Crippen LogP contribution in [-0.2, 0) is 5.41 Å². The van der Waals surface area contributed by atoms with Crippen molar-refractivity contribution in [2.24, 2.45) is 0 Å². The van der Waals surface area contributed by atoms with Gasteiger partial charge in [0.2, 0.25) is 5.89 Å². The molecule has 1 aliphatic rings. The van der Waals surface area contributed by atoms with Crippen LogP contribution in [0.2, 0.25) is 0 Å². The first-order valence-corrected chi connectivity index (χ1v) is 19.1. The molecule has 268 valence electrons.